The third-order valence-corrected chi connectivity index (χ3v) is 3.33. The third kappa shape index (κ3) is 5.72. The van der Waals surface area contributed by atoms with Crippen LogP contribution in [0.2, 0.25) is 0 Å². The van der Waals surface area contributed by atoms with Crippen molar-refractivity contribution in [2.24, 2.45) is 5.73 Å². The quantitative estimate of drug-likeness (QED) is 0.864. The van der Waals surface area contributed by atoms with E-state index >= 15 is 0 Å². The first-order valence-electron chi connectivity index (χ1n) is 6.33. The molecule has 0 saturated heterocycles. The summed E-state index contributed by atoms with van der Waals surface area (Å²) in [6.45, 7) is 3.84. The molecule has 0 aliphatic carbocycles. The number of rotatable bonds is 6. The molecule has 106 valence electrons. The van der Waals surface area contributed by atoms with E-state index in [1.54, 1.807) is 6.92 Å². The molecule has 0 aliphatic rings. The molecular formula is C14H22BrN3O. The van der Waals surface area contributed by atoms with Crippen LogP contribution in [0.25, 0.3) is 0 Å². The molecule has 4 nitrogen and oxygen atoms in total. The van der Waals surface area contributed by atoms with E-state index < -0.39 is 6.04 Å². The number of likely N-dealkylation sites (N-methyl/N-ethyl adjacent to an activating group) is 1. The van der Waals surface area contributed by atoms with Crippen molar-refractivity contribution in [3.63, 3.8) is 0 Å². The van der Waals surface area contributed by atoms with Crippen molar-refractivity contribution >= 4 is 21.8 Å². The molecule has 0 aliphatic heterocycles. The topological polar surface area (TPSA) is 49.6 Å². The molecule has 1 atom stereocenters. The van der Waals surface area contributed by atoms with E-state index in [1.807, 2.05) is 43.3 Å². The number of hydrogen-bond donors (Lipinski definition) is 1. The van der Waals surface area contributed by atoms with Gasteiger partial charge in [-0.25, -0.2) is 0 Å². The highest BCUT2D eigenvalue weighted by atomic mass is 79.9. The van der Waals surface area contributed by atoms with E-state index in [9.17, 15) is 4.79 Å². The molecule has 1 rings (SSSR count). The molecule has 0 bridgehead atoms. The van der Waals surface area contributed by atoms with Crippen LogP contribution in [0.4, 0.5) is 0 Å². The highest BCUT2D eigenvalue weighted by Gasteiger charge is 2.17. The van der Waals surface area contributed by atoms with Gasteiger partial charge in [-0.05, 0) is 38.7 Å². The van der Waals surface area contributed by atoms with E-state index in [2.05, 4.69) is 20.8 Å². The lowest BCUT2D eigenvalue weighted by atomic mass is 10.2. The molecule has 1 amide bonds. The van der Waals surface area contributed by atoms with Gasteiger partial charge in [-0.2, -0.15) is 0 Å². The minimum Gasteiger partial charge on any atom is -0.336 e. The highest BCUT2D eigenvalue weighted by Crippen LogP contribution is 2.12. The Hall–Kier alpha value is -0.910. The Balaban J connectivity index is 2.72. The normalized spacial score (nSPS) is 12.5. The summed E-state index contributed by atoms with van der Waals surface area (Å²) in [7, 11) is 3.99. The standard InChI is InChI=1S/C14H22BrN3O/c1-11(16)14(19)18(9-8-17(2)3)10-12-4-6-13(15)7-5-12/h4-7,11H,8-10,16H2,1-3H3. The minimum absolute atomic E-state index is 0.00947. The summed E-state index contributed by atoms with van der Waals surface area (Å²) in [4.78, 5) is 16.0. The van der Waals surface area contributed by atoms with Gasteiger partial charge in [0.05, 0.1) is 6.04 Å². The number of carbonyl (C=O) groups is 1. The fourth-order valence-corrected chi connectivity index (χ4v) is 1.95. The number of carbonyl (C=O) groups excluding carboxylic acids is 1. The number of hydrogen-bond acceptors (Lipinski definition) is 3. The molecule has 0 heterocycles. The highest BCUT2D eigenvalue weighted by molar-refractivity contribution is 9.10. The van der Waals surface area contributed by atoms with Crippen LogP contribution in [-0.2, 0) is 11.3 Å². The molecular weight excluding hydrogens is 306 g/mol. The van der Waals surface area contributed by atoms with Crippen molar-refractivity contribution in [1.82, 2.24) is 9.80 Å². The van der Waals surface area contributed by atoms with Gasteiger partial charge < -0.3 is 15.5 Å². The zero-order valence-electron chi connectivity index (χ0n) is 11.8. The van der Waals surface area contributed by atoms with Gasteiger partial charge in [-0.1, -0.05) is 28.1 Å². The second-order valence-electron chi connectivity index (χ2n) is 4.98. The van der Waals surface area contributed by atoms with Crippen LogP contribution in [0, 0.1) is 0 Å². The van der Waals surface area contributed by atoms with E-state index in [0.717, 1.165) is 16.6 Å². The lowest BCUT2D eigenvalue weighted by Crippen LogP contribution is -2.44. The Morgan fingerprint density at radius 3 is 2.32 bits per heavy atom. The number of amides is 1. The largest absolute Gasteiger partial charge is 0.336 e. The van der Waals surface area contributed by atoms with Gasteiger partial charge >= 0.3 is 0 Å². The Morgan fingerprint density at radius 2 is 1.84 bits per heavy atom. The van der Waals surface area contributed by atoms with Gasteiger partial charge in [-0.15, -0.1) is 0 Å². The van der Waals surface area contributed by atoms with Crippen molar-refractivity contribution in [3.8, 4) is 0 Å². The summed E-state index contributed by atoms with van der Waals surface area (Å²) >= 11 is 3.41. The average molecular weight is 328 g/mol. The summed E-state index contributed by atoms with van der Waals surface area (Å²) < 4.78 is 1.04. The minimum atomic E-state index is -0.461. The summed E-state index contributed by atoms with van der Waals surface area (Å²) in [6.07, 6.45) is 0. The fourth-order valence-electron chi connectivity index (χ4n) is 1.69. The van der Waals surface area contributed by atoms with Crippen molar-refractivity contribution in [1.29, 1.82) is 0 Å². The van der Waals surface area contributed by atoms with E-state index in [4.69, 9.17) is 5.73 Å². The van der Waals surface area contributed by atoms with Crippen LogP contribution in [0.15, 0.2) is 28.7 Å². The van der Waals surface area contributed by atoms with E-state index in [1.165, 1.54) is 0 Å². The van der Waals surface area contributed by atoms with Crippen LogP contribution in [0.5, 0.6) is 0 Å². The lowest BCUT2D eigenvalue weighted by molar-refractivity contribution is -0.133. The molecule has 0 fully saturated rings. The van der Waals surface area contributed by atoms with Gasteiger partial charge in [0, 0.05) is 24.1 Å². The molecule has 5 heteroatoms. The molecule has 1 unspecified atom stereocenters. The number of halogens is 1. The molecule has 1 aromatic rings. The summed E-state index contributed by atoms with van der Waals surface area (Å²) in [5, 5.41) is 0. The summed E-state index contributed by atoms with van der Waals surface area (Å²) in [5.74, 6) is -0.00947. The van der Waals surface area contributed by atoms with E-state index in [0.29, 0.717) is 13.1 Å². The number of nitrogens with zero attached hydrogens (tertiary/aromatic N) is 2. The summed E-state index contributed by atoms with van der Waals surface area (Å²) in [6, 6.07) is 7.53. The van der Waals surface area contributed by atoms with Gasteiger partial charge in [0.1, 0.15) is 0 Å². The average Bonchev–Trinajstić information content (AvgIpc) is 2.35. The Morgan fingerprint density at radius 1 is 1.26 bits per heavy atom. The molecule has 2 N–H and O–H groups in total. The molecule has 0 saturated carbocycles. The third-order valence-electron chi connectivity index (χ3n) is 2.81. The predicted molar refractivity (Wildman–Crippen MR) is 81.8 cm³/mol. The Bertz CT molecular complexity index is 404. The monoisotopic (exact) mass is 327 g/mol. The molecule has 1 aromatic carbocycles. The lowest BCUT2D eigenvalue weighted by Gasteiger charge is -2.26. The second kappa shape index (κ2) is 7.62. The second-order valence-corrected chi connectivity index (χ2v) is 5.89. The molecule has 0 aromatic heterocycles. The number of benzene rings is 1. The van der Waals surface area contributed by atoms with Gasteiger partial charge in [0.2, 0.25) is 5.91 Å². The first kappa shape index (κ1) is 16.1. The maximum atomic E-state index is 12.1. The van der Waals surface area contributed by atoms with Crippen LogP contribution >= 0.6 is 15.9 Å². The van der Waals surface area contributed by atoms with Crippen molar-refractivity contribution in [2.75, 3.05) is 27.2 Å². The Labute approximate surface area is 123 Å². The Kier molecular flexibility index (Phi) is 6.48. The fraction of sp³-hybridized carbons (Fsp3) is 0.500. The zero-order chi connectivity index (χ0) is 14.4. The molecule has 0 spiro atoms. The van der Waals surface area contributed by atoms with Crippen LogP contribution in [0.3, 0.4) is 0 Å². The van der Waals surface area contributed by atoms with Crippen molar-refractivity contribution in [3.05, 3.63) is 34.3 Å². The molecule has 19 heavy (non-hydrogen) atoms. The molecule has 0 radical (unpaired) electrons. The smallest absolute Gasteiger partial charge is 0.239 e. The first-order chi connectivity index (χ1) is 8.90. The maximum absolute atomic E-state index is 12.1. The predicted octanol–water partition coefficient (Wildman–Crippen LogP) is 1.69. The van der Waals surface area contributed by atoms with Crippen LogP contribution in [0.1, 0.15) is 12.5 Å². The first-order valence-corrected chi connectivity index (χ1v) is 7.13. The van der Waals surface area contributed by atoms with Gasteiger partial charge in [0.25, 0.3) is 0 Å². The summed E-state index contributed by atoms with van der Waals surface area (Å²) in [5.41, 5.74) is 6.82. The number of nitrogens with two attached hydrogens (primary N) is 1. The zero-order valence-corrected chi connectivity index (χ0v) is 13.4. The van der Waals surface area contributed by atoms with Crippen molar-refractivity contribution in [2.45, 2.75) is 19.5 Å². The van der Waals surface area contributed by atoms with Gasteiger partial charge in [0.15, 0.2) is 0 Å². The SMILES string of the molecule is CC(N)C(=O)N(CCN(C)C)Cc1ccc(Br)cc1. The van der Waals surface area contributed by atoms with Gasteiger partial charge in [-0.3, -0.25) is 4.79 Å². The van der Waals surface area contributed by atoms with Crippen LogP contribution < -0.4 is 5.73 Å². The van der Waals surface area contributed by atoms with Crippen molar-refractivity contribution < 1.29 is 4.79 Å². The maximum Gasteiger partial charge on any atom is 0.239 e. The van der Waals surface area contributed by atoms with E-state index in [-0.39, 0.29) is 5.91 Å². The van der Waals surface area contributed by atoms with Crippen LogP contribution in [-0.4, -0.2) is 48.9 Å².